The van der Waals surface area contributed by atoms with Crippen LogP contribution in [0.15, 0.2) is 18.5 Å². The fourth-order valence-electron chi connectivity index (χ4n) is 1.42. The van der Waals surface area contributed by atoms with Gasteiger partial charge in [-0.1, -0.05) is 0 Å². The molecule has 0 bridgehead atoms. The van der Waals surface area contributed by atoms with Crippen LogP contribution >= 0.6 is 0 Å². The number of aromatic nitrogens is 3. The van der Waals surface area contributed by atoms with Crippen LogP contribution in [-0.2, 0) is 6.54 Å². The van der Waals surface area contributed by atoms with Gasteiger partial charge in [-0.2, -0.15) is 0 Å². The highest BCUT2D eigenvalue weighted by Crippen LogP contribution is 2.13. The summed E-state index contributed by atoms with van der Waals surface area (Å²) in [6, 6.07) is 1.75. The van der Waals surface area contributed by atoms with E-state index in [2.05, 4.69) is 9.97 Å². The molecule has 4 heteroatoms. The van der Waals surface area contributed by atoms with Gasteiger partial charge in [0.2, 0.25) is 0 Å². The Labute approximate surface area is 75.2 Å². The maximum absolute atomic E-state index is 10.7. The summed E-state index contributed by atoms with van der Waals surface area (Å²) < 4.78 is 1.84. The van der Waals surface area contributed by atoms with Crippen molar-refractivity contribution in [2.75, 3.05) is 0 Å². The molecule has 4 nitrogen and oxygen atoms in total. The van der Waals surface area contributed by atoms with Gasteiger partial charge in [0.25, 0.3) is 0 Å². The molecule has 13 heavy (non-hydrogen) atoms. The molecule has 0 aliphatic heterocycles. The molecule has 2 heterocycles. The Morgan fingerprint density at radius 1 is 1.46 bits per heavy atom. The molecule has 2 aromatic rings. The number of aldehydes is 1. The SMILES string of the molecule is CCn1c(C=O)cc2nccnc21. The smallest absolute Gasteiger partial charge is 0.166 e. The summed E-state index contributed by atoms with van der Waals surface area (Å²) in [6.07, 6.45) is 4.08. The highest BCUT2D eigenvalue weighted by Gasteiger charge is 2.07. The topological polar surface area (TPSA) is 47.8 Å². The molecule has 0 aliphatic rings. The van der Waals surface area contributed by atoms with Crippen molar-refractivity contribution in [2.45, 2.75) is 13.5 Å². The largest absolute Gasteiger partial charge is 0.322 e. The molecule has 0 fully saturated rings. The first-order chi connectivity index (χ1) is 6.36. The second-order valence-electron chi connectivity index (χ2n) is 2.70. The quantitative estimate of drug-likeness (QED) is 0.645. The van der Waals surface area contributed by atoms with Crippen LogP contribution in [0.5, 0.6) is 0 Å². The molecule has 0 saturated carbocycles. The molecule has 0 atom stereocenters. The van der Waals surface area contributed by atoms with Gasteiger partial charge in [-0.15, -0.1) is 0 Å². The molecule has 66 valence electrons. The lowest BCUT2D eigenvalue weighted by Crippen LogP contribution is -1.99. The summed E-state index contributed by atoms with van der Waals surface area (Å²) in [7, 11) is 0. The maximum Gasteiger partial charge on any atom is 0.166 e. The van der Waals surface area contributed by atoms with Crippen molar-refractivity contribution in [3.05, 3.63) is 24.2 Å². The second kappa shape index (κ2) is 2.97. The molecule has 0 aliphatic carbocycles. The Morgan fingerprint density at radius 2 is 2.23 bits per heavy atom. The highest BCUT2D eigenvalue weighted by atomic mass is 16.1. The minimum Gasteiger partial charge on any atom is -0.322 e. The van der Waals surface area contributed by atoms with Gasteiger partial charge >= 0.3 is 0 Å². The molecule has 0 aromatic carbocycles. The molecular weight excluding hydrogens is 166 g/mol. The van der Waals surface area contributed by atoms with Gasteiger partial charge in [-0.3, -0.25) is 9.78 Å². The van der Waals surface area contributed by atoms with E-state index in [9.17, 15) is 4.79 Å². The van der Waals surface area contributed by atoms with Crippen molar-refractivity contribution in [3.63, 3.8) is 0 Å². The lowest BCUT2D eigenvalue weighted by atomic mass is 10.4. The molecule has 2 aromatic heterocycles. The van der Waals surface area contributed by atoms with E-state index in [1.54, 1.807) is 18.5 Å². The molecule has 0 saturated heterocycles. The van der Waals surface area contributed by atoms with Gasteiger partial charge in [0.1, 0.15) is 5.52 Å². The van der Waals surface area contributed by atoms with Crippen LogP contribution < -0.4 is 0 Å². The average Bonchev–Trinajstić information content (AvgIpc) is 2.55. The minimum atomic E-state index is 0.628. The third kappa shape index (κ3) is 1.11. The molecular formula is C9H9N3O. The number of hydrogen-bond acceptors (Lipinski definition) is 3. The maximum atomic E-state index is 10.7. The number of aryl methyl sites for hydroxylation is 1. The van der Waals surface area contributed by atoms with E-state index >= 15 is 0 Å². The van der Waals surface area contributed by atoms with E-state index < -0.39 is 0 Å². The normalized spacial score (nSPS) is 10.5. The number of fused-ring (bicyclic) bond motifs is 1. The average molecular weight is 175 g/mol. The van der Waals surface area contributed by atoms with E-state index in [0.717, 1.165) is 24.0 Å². The third-order valence-corrected chi connectivity index (χ3v) is 2.00. The van der Waals surface area contributed by atoms with E-state index in [1.807, 2.05) is 11.5 Å². The van der Waals surface area contributed by atoms with E-state index in [4.69, 9.17) is 0 Å². The Hall–Kier alpha value is -1.71. The minimum absolute atomic E-state index is 0.628. The molecule has 0 spiro atoms. The van der Waals surface area contributed by atoms with Crippen LogP contribution in [0.4, 0.5) is 0 Å². The number of carbonyl (C=O) groups excluding carboxylic acids is 1. The summed E-state index contributed by atoms with van der Waals surface area (Å²) in [6.45, 7) is 2.71. The first kappa shape index (κ1) is 7.91. The van der Waals surface area contributed by atoms with Crippen LogP contribution in [0, 0.1) is 0 Å². The van der Waals surface area contributed by atoms with Crippen molar-refractivity contribution >= 4 is 17.5 Å². The van der Waals surface area contributed by atoms with Gasteiger partial charge in [-0.25, -0.2) is 4.98 Å². The predicted molar refractivity (Wildman–Crippen MR) is 48.6 cm³/mol. The van der Waals surface area contributed by atoms with Crippen LogP contribution in [0.3, 0.4) is 0 Å². The Morgan fingerprint density at radius 3 is 2.92 bits per heavy atom. The number of hydrogen-bond donors (Lipinski definition) is 0. The molecule has 0 unspecified atom stereocenters. The van der Waals surface area contributed by atoms with Crippen LogP contribution in [0.25, 0.3) is 11.2 Å². The summed E-state index contributed by atoms with van der Waals surface area (Å²) in [4.78, 5) is 19.0. The van der Waals surface area contributed by atoms with Crippen molar-refractivity contribution in [1.82, 2.24) is 14.5 Å². The lowest BCUT2D eigenvalue weighted by molar-refractivity contribution is 0.111. The van der Waals surface area contributed by atoms with Gasteiger partial charge in [0, 0.05) is 18.9 Å². The van der Waals surface area contributed by atoms with Crippen molar-refractivity contribution in [3.8, 4) is 0 Å². The van der Waals surface area contributed by atoms with Crippen LogP contribution in [0.2, 0.25) is 0 Å². The standard InChI is InChI=1S/C9H9N3O/c1-2-12-7(6-13)5-8-9(12)11-4-3-10-8/h3-6H,2H2,1H3. The first-order valence-corrected chi connectivity index (χ1v) is 4.12. The Bertz CT molecular complexity index is 447. The summed E-state index contributed by atoms with van der Waals surface area (Å²) >= 11 is 0. The van der Waals surface area contributed by atoms with Crippen LogP contribution in [0.1, 0.15) is 17.4 Å². The number of nitrogens with zero attached hydrogens (tertiary/aromatic N) is 3. The zero-order valence-corrected chi connectivity index (χ0v) is 7.27. The summed E-state index contributed by atoms with van der Waals surface area (Å²) in [5.41, 5.74) is 2.17. The predicted octanol–water partition coefficient (Wildman–Crippen LogP) is 1.26. The number of carbonyl (C=O) groups is 1. The van der Waals surface area contributed by atoms with E-state index in [-0.39, 0.29) is 0 Å². The fourth-order valence-corrected chi connectivity index (χ4v) is 1.42. The van der Waals surface area contributed by atoms with E-state index in [0.29, 0.717) is 5.69 Å². The zero-order chi connectivity index (χ0) is 9.26. The number of rotatable bonds is 2. The van der Waals surface area contributed by atoms with Crippen molar-refractivity contribution < 1.29 is 4.79 Å². The summed E-state index contributed by atoms with van der Waals surface area (Å²) in [5.74, 6) is 0. The molecule has 0 amide bonds. The van der Waals surface area contributed by atoms with Gasteiger partial charge in [0.15, 0.2) is 11.9 Å². The third-order valence-electron chi connectivity index (χ3n) is 2.00. The second-order valence-corrected chi connectivity index (χ2v) is 2.70. The van der Waals surface area contributed by atoms with Gasteiger partial charge in [0.05, 0.1) is 5.69 Å². The van der Waals surface area contributed by atoms with Gasteiger partial charge in [-0.05, 0) is 13.0 Å². The lowest BCUT2D eigenvalue weighted by Gasteiger charge is -1.99. The Balaban J connectivity index is 2.81. The van der Waals surface area contributed by atoms with Gasteiger partial charge < -0.3 is 4.57 Å². The fraction of sp³-hybridized carbons (Fsp3) is 0.222. The van der Waals surface area contributed by atoms with Crippen molar-refractivity contribution in [1.29, 1.82) is 0 Å². The van der Waals surface area contributed by atoms with Crippen LogP contribution in [-0.4, -0.2) is 20.8 Å². The van der Waals surface area contributed by atoms with Crippen molar-refractivity contribution in [2.24, 2.45) is 0 Å². The first-order valence-electron chi connectivity index (χ1n) is 4.12. The van der Waals surface area contributed by atoms with E-state index in [1.165, 1.54) is 0 Å². The zero-order valence-electron chi connectivity index (χ0n) is 7.27. The Kier molecular flexibility index (Phi) is 1.81. The highest BCUT2D eigenvalue weighted by molar-refractivity contribution is 5.84. The molecule has 0 radical (unpaired) electrons. The monoisotopic (exact) mass is 175 g/mol. The molecule has 2 rings (SSSR count). The molecule has 0 N–H and O–H groups in total. The summed E-state index contributed by atoms with van der Waals surface area (Å²) in [5, 5.41) is 0.